The second kappa shape index (κ2) is 85.0. The lowest BCUT2D eigenvalue weighted by Gasteiger charge is -2.07. The Hall–Kier alpha value is -0.400. The molecular formula is C44H108N2O8. The maximum Gasteiger partial charge on any atom is 0.0745 e. The van der Waals surface area contributed by atoms with Crippen molar-refractivity contribution < 1.29 is 38.3 Å². The van der Waals surface area contributed by atoms with Gasteiger partial charge < -0.3 is 48.1 Å². The van der Waals surface area contributed by atoms with E-state index in [1.165, 1.54) is 32.2 Å². The topological polar surface area (TPSA) is 91.3 Å². The van der Waals surface area contributed by atoms with Crippen LogP contribution in [0.3, 0.4) is 0 Å². The number of rotatable bonds is 22. The molecule has 0 aliphatic rings. The Balaban J connectivity index is -0.0000000608. The number of hydrogen-bond acceptors (Lipinski definition) is 10. The van der Waals surface area contributed by atoms with Crippen molar-refractivity contribution in [3.63, 3.8) is 0 Å². The lowest BCUT2D eigenvalue weighted by molar-refractivity contribution is 0.0344. The zero-order valence-electron chi connectivity index (χ0n) is 41.4. The third-order valence-electron chi connectivity index (χ3n) is 5.37. The average molecular weight is 793 g/mol. The van der Waals surface area contributed by atoms with Crippen LogP contribution in [-0.2, 0) is 33.2 Å². The molecule has 0 aliphatic heterocycles. The van der Waals surface area contributed by atoms with Crippen molar-refractivity contribution in [2.45, 2.75) is 147 Å². The number of nitrogens with zero attached hydrogens (tertiary/aromatic N) is 2. The van der Waals surface area contributed by atoms with E-state index in [1.54, 1.807) is 42.5 Å². The smallest absolute Gasteiger partial charge is 0.0745 e. The number of aliphatic hydroxyl groups is 1. The van der Waals surface area contributed by atoms with E-state index in [9.17, 15) is 0 Å². The van der Waals surface area contributed by atoms with Gasteiger partial charge in [-0.1, -0.05) is 89.0 Å². The van der Waals surface area contributed by atoms with Gasteiger partial charge in [0.2, 0.25) is 0 Å². The van der Waals surface area contributed by atoms with Gasteiger partial charge in [-0.2, -0.15) is 0 Å². The van der Waals surface area contributed by atoms with E-state index in [0.29, 0.717) is 18.4 Å². The molecular weight excluding hydrogens is 684 g/mol. The number of methoxy groups -OCH3 is 5. The van der Waals surface area contributed by atoms with Crippen LogP contribution >= 0.6 is 0 Å². The molecule has 1 unspecified atom stereocenters. The van der Waals surface area contributed by atoms with Crippen molar-refractivity contribution >= 4 is 0 Å². The lowest BCUT2D eigenvalue weighted by atomic mass is 10.2. The molecule has 0 fully saturated rings. The third-order valence-corrected chi connectivity index (χ3v) is 5.37. The van der Waals surface area contributed by atoms with Crippen molar-refractivity contribution in [2.75, 3.05) is 136 Å². The molecule has 0 rings (SSSR count). The van der Waals surface area contributed by atoms with Gasteiger partial charge in [-0.15, -0.1) is 0 Å². The highest BCUT2D eigenvalue weighted by molar-refractivity contribution is 4.44. The van der Waals surface area contributed by atoms with Crippen LogP contribution in [0.1, 0.15) is 141 Å². The fraction of sp³-hybridized carbons (Fsp3) is 1.00. The Morgan fingerprint density at radius 2 is 0.815 bits per heavy atom. The molecule has 0 saturated carbocycles. The molecule has 0 aliphatic carbocycles. The molecule has 0 bridgehead atoms. The molecule has 1 N–H and O–H groups in total. The standard InChI is InChI=1S/C7H16O2.2C6H14O.C5H13N.C5H12O.C4H11N.2C4H10O.C3H8O/c1-6(2)4-9-5-7(3)8;1-3-4-5-6-7-2;1-3-5-7-6-4-2;1-4-5-6(2)3;1-5(2)4-6-3;1-4-5(2)3;2*1-3-4-5-2;1-3-4-2/h6-8H,4-5H2,1-3H3;2*3-6H2,1-2H3;4-5H2,1-3H3;5H,4H2,1-3H3;4H2,1-3H3;2*3-4H2,1-2H3;3H2,1-2H3. The van der Waals surface area contributed by atoms with E-state index in [-0.39, 0.29) is 6.10 Å². The highest BCUT2D eigenvalue weighted by atomic mass is 16.5. The van der Waals surface area contributed by atoms with Gasteiger partial charge >= 0.3 is 0 Å². The van der Waals surface area contributed by atoms with Crippen LogP contribution in [0.25, 0.3) is 0 Å². The van der Waals surface area contributed by atoms with E-state index < -0.39 is 0 Å². The predicted molar refractivity (Wildman–Crippen MR) is 242 cm³/mol. The van der Waals surface area contributed by atoms with Crippen LogP contribution in [0.2, 0.25) is 0 Å². The molecule has 10 nitrogen and oxygen atoms in total. The van der Waals surface area contributed by atoms with E-state index >= 15 is 0 Å². The van der Waals surface area contributed by atoms with Gasteiger partial charge in [-0.05, 0) is 105 Å². The highest BCUT2D eigenvalue weighted by Gasteiger charge is 1.96. The minimum absolute atomic E-state index is 0.330. The minimum atomic E-state index is -0.330. The quantitative estimate of drug-likeness (QED) is 0.107. The molecule has 342 valence electrons. The van der Waals surface area contributed by atoms with Gasteiger partial charge in [0.25, 0.3) is 0 Å². The van der Waals surface area contributed by atoms with Gasteiger partial charge in [0, 0.05) is 88.4 Å². The molecule has 10 heteroatoms. The fourth-order valence-electron chi connectivity index (χ4n) is 2.55. The summed E-state index contributed by atoms with van der Waals surface area (Å²) < 4.78 is 33.8. The summed E-state index contributed by atoms with van der Waals surface area (Å²) in [7, 11) is 16.9. The Kier molecular flexibility index (Phi) is 117. The summed E-state index contributed by atoms with van der Waals surface area (Å²) in [6.07, 6.45) is 9.24. The first kappa shape index (κ1) is 74.6. The molecule has 0 spiro atoms. The summed E-state index contributed by atoms with van der Waals surface area (Å²) in [5.74, 6) is 1.23. The second-order valence-corrected chi connectivity index (χ2v) is 13.7. The van der Waals surface area contributed by atoms with Crippen molar-refractivity contribution in [3.8, 4) is 0 Å². The molecule has 0 heterocycles. The maximum atomic E-state index is 8.74. The Morgan fingerprint density at radius 1 is 0.426 bits per heavy atom. The Bertz CT molecular complexity index is 426. The monoisotopic (exact) mass is 793 g/mol. The summed E-state index contributed by atoms with van der Waals surface area (Å²) in [4.78, 5) is 4.31. The summed E-state index contributed by atoms with van der Waals surface area (Å²) in [6, 6.07) is 0. The van der Waals surface area contributed by atoms with Crippen LogP contribution < -0.4 is 0 Å². The average Bonchev–Trinajstić information content (AvgIpc) is 3.11. The number of unbranched alkanes of at least 4 members (excludes halogenated alkanes) is 2. The van der Waals surface area contributed by atoms with Gasteiger partial charge in [-0.3, -0.25) is 0 Å². The molecule has 0 saturated heterocycles. The van der Waals surface area contributed by atoms with Gasteiger partial charge in [-0.25, -0.2) is 0 Å². The van der Waals surface area contributed by atoms with Gasteiger partial charge in [0.15, 0.2) is 0 Å². The molecule has 1 atom stereocenters. The zero-order valence-corrected chi connectivity index (χ0v) is 41.4. The van der Waals surface area contributed by atoms with Crippen molar-refractivity contribution in [1.29, 1.82) is 0 Å². The zero-order chi connectivity index (χ0) is 44.3. The lowest BCUT2D eigenvalue weighted by Crippen LogP contribution is -2.13. The van der Waals surface area contributed by atoms with Crippen LogP contribution in [-0.4, -0.2) is 157 Å². The number of aliphatic hydroxyl groups excluding tert-OH is 1. The van der Waals surface area contributed by atoms with Gasteiger partial charge in [0.1, 0.15) is 0 Å². The van der Waals surface area contributed by atoms with Crippen molar-refractivity contribution in [2.24, 2.45) is 11.8 Å². The Labute approximate surface area is 343 Å². The van der Waals surface area contributed by atoms with E-state index in [4.69, 9.17) is 33.5 Å². The van der Waals surface area contributed by atoms with Crippen molar-refractivity contribution in [3.05, 3.63) is 0 Å². The molecule has 0 aromatic carbocycles. The van der Waals surface area contributed by atoms with Gasteiger partial charge in [0.05, 0.1) is 12.7 Å². The summed E-state index contributed by atoms with van der Waals surface area (Å²) in [5.41, 5.74) is 0. The van der Waals surface area contributed by atoms with E-state index in [1.807, 2.05) is 6.92 Å². The first-order valence-electron chi connectivity index (χ1n) is 21.1. The fourth-order valence-corrected chi connectivity index (χ4v) is 2.55. The summed E-state index contributed by atoms with van der Waals surface area (Å²) in [6.45, 7) is 36.8. The summed E-state index contributed by atoms with van der Waals surface area (Å²) >= 11 is 0. The van der Waals surface area contributed by atoms with E-state index in [0.717, 1.165) is 85.1 Å². The first-order valence-corrected chi connectivity index (χ1v) is 21.1. The van der Waals surface area contributed by atoms with Crippen LogP contribution in [0.15, 0.2) is 0 Å². The number of hydrogen-bond donors (Lipinski definition) is 1. The maximum absolute atomic E-state index is 8.74. The second-order valence-electron chi connectivity index (χ2n) is 13.7. The molecule has 0 aromatic rings. The van der Waals surface area contributed by atoms with Crippen LogP contribution in [0.4, 0.5) is 0 Å². The first-order chi connectivity index (χ1) is 25.5. The van der Waals surface area contributed by atoms with E-state index in [2.05, 4.69) is 119 Å². The largest absolute Gasteiger partial charge is 0.391 e. The Morgan fingerprint density at radius 3 is 0.963 bits per heavy atom. The molecule has 0 radical (unpaired) electrons. The predicted octanol–water partition coefficient (Wildman–Crippen LogP) is 10.2. The molecule has 54 heavy (non-hydrogen) atoms. The SMILES string of the molecule is CC(C)COCC(C)O.CCCCCOC.CCCN(C)C.CCCOC.CCCOC.CCCOCCC.CCN(C)C.CCOC.COCC(C)C. The van der Waals surface area contributed by atoms with Crippen molar-refractivity contribution in [1.82, 2.24) is 9.80 Å². The summed E-state index contributed by atoms with van der Waals surface area (Å²) in [5, 5.41) is 8.74. The highest BCUT2D eigenvalue weighted by Crippen LogP contribution is 1.93. The minimum Gasteiger partial charge on any atom is -0.391 e. The molecule has 0 aromatic heterocycles. The van der Waals surface area contributed by atoms with Crippen LogP contribution in [0.5, 0.6) is 0 Å². The number of ether oxygens (including phenoxy) is 7. The third kappa shape index (κ3) is 187. The van der Waals surface area contributed by atoms with Crippen LogP contribution in [0, 0.1) is 11.8 Å². The molecule has 0 amide bonds. The normalized spacial score (nSPS) is 10.1.